The lowest BCUT2D eigenvalue weighted by Gasteiger charge is -2.24. The van der Waals surface area contributed by atoms with Crippen LogP contribution in [-0.2, 0) is 0 Å². The van der Waals surface area contributed by atoms with Crippen LogP contribution in [0.5, 0.6) is 0 Å². The first-order valence-corrected chi connectivity index (χ1v) is 10.2. The maximum Gasteiger partial charge on any atom is 0.260 e. The number of anilines is 1. The van der Waals surface area contributed by atoms with Crippen molar-refractivity contribution in [2.45, 2.75) is 13.8 Å². The Hall–Kier alpha value is -1.80. The summed E-state index contributed by atoms with van der Waals surface area (Å²) in [4.78, 5) is 21.1. The van der Waals surface area contributed by atoms with Crippen molar-refractivity contribution in [2.24, 2.45) is 0 Å². The predicted octanol–water partition coefficient (Wildman–Crippen LogP) is 5.64. The Bertz CT molecular complexity index is 978. The van der Waals surface area contributed by atoms with E-state index in [1.165, 1.54) is 11.0 Å². The van der Waals surface area contributed by atoms with Crippen molar-refractivity contribution >= 4 is 56.6 Å². The van der Waals surface area contributed by atoms with E-state index in [1.54, 1.807) is 24.3 Å². The molecule has 1 aromatic heterocycles. The van der Waals surface area contributed by atoms with Gasteiger partial charge in [-0.15, -0.1) is 12.4 Å². The van der Waals surface area contributed by atoms with Crippen LogP contribution in [0, 0.1) is 11.6 Å². The maximum absolute atomic E-state index is 14.1. The van der Waals surface area contributed by atoms with Crippen molar-refractivity contribution in [1.82, 2.24) is 9.88 Å². The van der Waals surface area contributed by atoms with Crippen molar-refractivity contribution in [3.8, 4) is 0 Å². The van der Waals surface area contributed by atoms with Gasteiger partial charge in [0.2, 0.25) is 0 Å². The summed E-state index contributed by atoms with van der Waals surface area (Å²) in [7, 11) is 0. The second-order valence-electron chi connectivity index (χ2n) is 6.22. The van der Waals surface area contributed by atoms with Crippen LogP contribution in [0.1, 0.15) is 24.2 Å². The molecule has 3 aromatic rings. The number of halogens is 4. The summed E-state index contributed by atoms with van der Waals surface area (Å²) in [6.07, 6.45) is 0. The molecule has 0 bridgehead atoms. The second kappa shape index (κ2) is 10.3. The fourth-order valence-corrected chi connectivity index (χ4v) is 4.03. The van der Waals surface area contributed by atoms with E-state index in [0.717, 1.165) is 30.5 Å². The lowest BCUT2D eigenvalue weighted by atomic mass is 10.2. The van der Waals surface area contributed by atoms with E-state index in [2.05, 4.69) is 9.88 Å². The molecule has 4 nitrogen and oxygen atoms in total. The van der Waals surface area contributed by atoms with Gasteiger partial charge in [0.25, 0.3) is 5.91 Å². The first-order chi connectivity index (χ1) is 13.4. The minimum atomic E-state index is -0.736. The van der Waals surface area contributed by atoms with Gasteiger partial charge in [-0.3, -0.25) is 9.69 Å². The number of benzene rings is 2. The zero-order valence-corrected chi connectivity index (χ0v) is 18.4. The standard InChI is InChI=1S/C20H20ClF2N3OS.ClH/c1-3-25(4-2)9-10-26(19(27)13-5-7-14(21)8-6-13)20-24-18-16(23)11-15(22)12-17(18)28-20;/h5-8,11-12H,3-4,9-10H2,1-2H3;1H. The normalized spacial score (nSPS) is 11.0. The van der Waals surface area contributed by atoms with E-state index in [1.807, 2.05) is 13.8 Å². The number of aromatic nitrogens is 1. The summed E-state index contributed by atoms with van der Waals surface area (Å²) in [6.45, 7) is 6.81. The third-order valence-electron chi connectivity index (χ3n) is 4.50. The largest absolute Gasteiger partial charge is 0.302 e. The molecule has 0 N–H and O–H groups in total. The number of nitrogens with zero attached hydrogens (tertiary/aromatic N) is 3. The van der Waals surface area contributed by atoms with Crippen molar-refractivity contribution in [1.29, 1.82) is 0 Å². The zero-order chi connectivity index (χ0) is 20.3. The summed E-state index contributed by atoms with van der Waals surface area (Å²) < 4.78 is 28.0. The highest BCUT2D eigenvalue weighted by atomic mass is 35.5. The minimum absolute atomic E-state index is 0. The summed E-state index contributed by atoms with van der Waals surface area (Å²) >= 11 is 7.02. The fraction of sp³-hybridized carbons (Fsp3) is 0.300. The molecule has 0 spiro atoms. The SMILES string of the molecule is CCN(CC)CCN(C(=O)c1ccc(Cl)cc1)c1nc2c(F)cc(F)cc2s1.Cl. The van der Waals surface area contributed by atoms with Gasteiger partial charge in [-0.25, -0.2) is 13.8 Å². The number of rotatable bonds is 7. The van der Waals surface area contributed by atoms with Crippen molar-refractivity contribution in [3.63, 3.8) is 0 Å². The lowest BCUT2D eigenvalue weighted by Crippen LogP contribution is -2.38. The van der Waals surface area contributed by atoms with Crippen LogP contribution in [0.15, 0.2) is 36.4 Å². The molecule has 9 heteroatoms. The van der Waals surface area contributed by atoms with Crippen molar-refractivity contribution < 1.29 is 13.6 Å². The molecule has 0 saturated carbocycles. The number of fused-ring (bicyclic) bond motifs is 1. The Morgan fingerprint density at radius 2 is 1.76 bits per heavy atom. The number of hydrogen-bond acceptors (Lipinski definition) is 4. The van der Waals surface area contributed by atoms with Gasteiger partial charge in [-0.2, -0.15) is 0 Å². The number of carbonyl (C=O) groups excluding carboxylic acids is 1. The summed E-state index contributed by atoms with van der Waals surface area (Å²) in [5, 5.41) is 0.871. The minimum Gasteiger partial charge on any atom is -0.302 e. The maximum atomic E-state index is 14.1. The van der Waals surface area contributed by atoms with Crippen molar-refractivity contribution in [2.75, 3.05) is 31.1 Å². The van der Waals surface area contributed by atoms with Crippen LogP contribution in [0.25, 0.3) is 10.2 Å². The Balaban J connectivity index is 0.00000300. The Morgan fingerprint density at radius 3 is 2.38 bits per heavy atom. The molecule has 0 unspecified atom stereocenters. The van der Waals surface area contributed by atoms with E-state index in [-0.39, 0.29) is 23.8 Å². The van der Waals surface area contributed by atoms with Crippen LogP contribution in [-0.4, -0.2) is 42.0 Å². The third-order valence-corrected chi connectivity index (χ3v) is 5.78. The average molecular weight is 460 g/mol. The van der Waals surface area contributed by atoms with Crippen LogP contribution >= 0.6 is 35.3 Å². The van der Waals surface area contributed by atoms with Gasteiger partial charge in [0.05, 0.1) is 4.70 Å². The first-order valence-electron chi connectivity index (χ1n) is 8.98. The van der Waals surface area contributed by atoms with Crippen molar-refractivity contribution in [3.05, 3.63) is 58.6 Å². The number of thiazole rings is 1. The molecule has 0 aliphatic carbocycles. The van der Waals surface area contributed by atoms with Crippen LogP contribution < -0.4 is 4.90 Å². The lowest BCUT2D eigenvalue weighted by molar-refractivity contribution is 0.0984. The summed E-state index contributed by atoms with van der Waals surface area (Å²) in [6, 6.07) is 8.60. The van der Waals surface area contributed by atoms with E-state index >= 15 is 0 Å². The molecule has 0 saturated heterocycles. The zero-order valence-electron chi connectivity index (χ0n) is 16.0. The summed E-state index contributed by atoms with van der Waals surface area (Å²) in [5.41, 5.74) is 0.521. The van der Waals surface area contributed by atoms with Crippen LogP contribution in [0.3, 0.4) is 0 Å². The topological polar surface area (TPSA) is 36.4 Å². The van der Waals surface area contributed by atoms with Gasteiger partial charge in [0.15, 0.2) is 10.9 Å². The highest BCUT2D eigenvalue weighted by Gasteiger charge is 2.23. The van der Waals surface area contributed by atoms with E-state index in [9.17, 15) is 13.6 Å². The van der Waals surface area contributed by atoms with Crippen LogP contribution in [0.2, 0.25) is 5.02 Å². The Kier molecular flexibility index (Phi) is 8.34. The molecular formula is C20H21Cl2F2N3OS. The van der Waals surface area contributed by atoms with E-state index in [4.69, 9.17) is 11.6 Å². The molecule has 0 aliphatic heterocycles. The molecule has 0 radical (unpaired) electrons. The predicted molar refractivity (Wildman–Crippen MR) is 118 cm³/mol. The molecule has 0 fully saturated rings. The molecule has 156 valence electrons. The van der Waals surface area contributed by atoms with Gasteiger partial charge in [-0.1, -0.05) is 36.8 Å². The summed E-state index contributed by atoms with van der Waals surface area (Å²) in [5.74, 6) is -1.66. The fourth-order valence-electron chi connectivity index (χ4n) is 2.87. The number of carbonyl (C=O) groups is 1. The monoisotopic (exact) mass is 459 g/mol. The molecule has 1 heterocycles. The molecular weight excluding hydrogens is 439 g/mol. The molecule has 29 heavy (non-hydrogen) atoms. The highest BCUT2D eigenvalue weighted by Crippen LogP contribution is 2.32. The Labute approximate surface area is 183 Å². The van der Waals surface area contributed by atoms with Gasteiger partial charge in [0.1, 0.15) is 11.3 Å². The number of likely N-dealkylation sites (N-methyl/N-ethyl adjacent to an activating group) is 1. The van der Waals surface area contributed by atoms with Gasteiger partial charge >= 0.3 is 0 Å². The molecule has 3 rings (SSSR count). The number of hydrogen-bond donors (Lipinski definition) is 0. The third kappa shape index (κ3) is 5.42. The van der Waals surface area contributed by atoms with E-state index in [0.29, 0.717) is 33.5 Å². The molecule has 0 aliphatic rings. The Morgan fingerprint density at radius 1 is 1.10 bits per heavy atom. The van der Waals surface area contributed by atoms with Gasteiger partial charge < -0.3 is 4.90 Å². The quantitative estimate of drug-likeness (QED) is 0.458. The average Bonchev–Trinajstić information content (AvgIpc) is 3.09. The smallest absolute Gasteiger partial charge is 0.260 e. The van der Waals surface area contributed by atoms with Gasteiger partial charge in [0, 0.05) is 29.7 Å². The molecule has 1 amide bonds. The molecule has 0 atom stereocenters. The highest BCUT2D eigenvalue weighted by molar-refractivity contribution is 7.22. The second-order valence-corrected chi connectivity index (χ2v) is 7.67. The first kappa shape index (κ1) is 23.5. The molecule has 2 aromatic carbocycles. The van der Waals surface area contributed by atoms with Crippen LogP contribution in [0.4, 0.5) is 13.9 Å². The number of amides is 1. The van der Waals surface area contributed by atoms with Gasteiger partial charge in [-0.05, 0) is 43.4 Å². The van der Waals surface area contributed by atoms with E-state index < -0.39 is 11.6 Å².